The fourth-order valence-corrected chi connectivity index (χ4v) is 9.68. The van der Waals surface area contributed by atoms with Crippen molar-refractivity contribution < 1.29 is 38.2 Å². The van der Waals surface area contributed by atoms with Gasteiger partial charge in [-0.1, -0.05) is 270 Å². The van der Waals surface area contributed by atoms with Gasteiger partial charge in [0.2, 0.25) is 0 Å². The van der Waals surface area contributed by atoms with Crippen LogP contribution in [-0.2, 0) is 28.6 Å². The Morgan fingerprint density at radius 3 is 1.03 bits per heavy atom. The molecule has 0 fully saturated rings. The van der Waals surface area contributed by atoms with Gasteiger partial charge >= 0.3 is 17.9 Å². The van der Waals surface area contributed by atoms with Crippen LogP contribution in [0, 0.1) is 0 Å². The number of carboxylic acids is 1. The SMILES string of the molecule is CCCCCCCCCCCCCC/C=C/CCCCCCCCCC(=O)OCC(COCCC(C(=O)O)[N+](C)(C)C)OC(=O)CCCCCCCCCCCCCCCCCCCCCCCCC. The van der Waals surface area contributed by atoms with E-state index >= 15 is 0 Å². The highest BCUT2D eigenvalue weighted by Crippen LogP contribution is 2.18. The first-order valence-corrected chi connectivity index (χ1v) is 30.7. The van der Waals surface area contributed by atoms with Gasteiger partial charge in [0, 0.05) is 19.3 Å². The summed E-state index contributed by atoms with van der Waals surface area (Å²) in [5.74, 6) is -1.44. The number of carbonyl (C=O) groups is 3. The van der Waals surface area contributed by atoms with Gasteiger partial charge in [0.15, 0.2) is 12.1 Å². The summed E-state index contributed by atoms with van der Waals surface area (Å²) in [6.07, 6.45) is 62.9. The van der Waals surface area contributed by atoms with E-state index in [0.29, 0.717) is 19.3 Å². The molecular weight excluding hydrogens is 871 g/mol. The van der Waals surface area contributed by atoms with Gasteiger partial charge in [-0.05, 0) is 38.5 Å². The van der Waals surface area contributed by atoms with Crippen molar-refractivity contribution in [3.8, 4) is 0 Å². The van der Waals surface area contributed by atoms with Crippen LogP contribution in [0.15, 0.2) is 12.2 Å². The van der Waals surface area contributed by atoms with Crippen molar-refractivity contribution in [1.82, 2.24) is 0 Å². The second kappa shape index (κ2) is 53.4. The molecule has 0 aliphatic carbocycles. The zero-order chi connectivity index (χ0) is 51.3. The summed E-state index contributed by atoms with van der Waals surface area (Å²) in [5, 5.41) is 9.69. The molecule has 8 heteroatoms. The summed E-state index contributed by atoms with van der Waals surface area (Å²) < 4.78 is 17.5. The number of likely N-dealkylation sites (N-methyl/N-ethyl adjacent to an activating group) is 1. The number of allylic oxidation sites excluding steroid dienone is 2. The molecule has 0 rings (SSSR count). The molecule has 0 heterocycles. The quantitative estimate of drug-likeness (QED) is 0.0280. The third kappa shape index (κ3) is 51.0. The van der Waals surface area contributed by atoms with Crippen LogP contribution in [0.5, 0.6) is 0 Å². The van der Waals surface area contributed by atoms with E-state index in [1.54, 1.807) is 0 Å². The van der Waals surface area contributed by atoms with Gasteiger partial charge in [-0.15, -0.1) is 0 Å². The molecule has 0 radical (unpaired) electrons. The van der Waals surface area contributed by atoms with Crippen molar-refractivity contribution in [2.24, 2.45) is 0 Å². The lowest BCUT2D eigenvalue weighted by atomic mass is 10.0. The first-order chi connectivity index (χ1) is 34.1. The molecular formula is C62H120NO7+. The summed E-state index contributed by atoms with van der Waals surface area (Å²) in [6.45, 7) is 4.81. The van der Waals surface area contributed by atoms with Crippen LogP contribution in [0.3, 0.4) is 0 Å². The van der Waals surface area contributed by atoms with Gasteiger partial charge in [0.1, 0.15) is 6.61 Å². The van der Waals surface area contributed by atoms with Crippen molar-refractivity contribution in [3.05, 3.63) is 12.2 Å². The number of carbonyl (C=O) groups excluding carboxylic acids is 2. The molecule has 0 spiro atoms. The Kier molecular flexibility index (Phi) is 51.9. The average molecular weight is 992 g/mol. The highest BCUT2D eigenvalue weighted by molar-refractivity contribution is 5.72. The van der Waals surface area contributed by atoms with Crippen LogP contribution in [0.1, 0.15) is 316 Å². The van der Waals surface area contributed by atoms with E-state index in [4.69, 9.17) is 14.2 Å². The third-order valence-corrected chi connectivity index (χ3v) is 14.4. The van der Waals surface area contributed by atoms with Crippen molar-refractivity contribution >= 4 is 17.9 Å². The van der Waals surface area contributed by atoms with Crippen LogP contribution in [-0.4, -0.2) is 80.6 Å². The molecule has 2 unspecified atom stereocenters. The number of hydrogen-bond donors (Lipinski definition) is 1. The molecule has 0 aliphatic rings. The lowest BCUT2D eigenvalue weighted by Gasteiger charge is -2.31. The van der Waals surface area contributed by atoms with E-state index < -0.39 is 18.1 Å². The molecule has 0 amide bonds. The van der Waals surface area contributed by atoms with E-state index in [1.807, 2.05) is 21.1 Å². The first-order valence-electron chi connectivity index (χ1n) is 30.7. The van der Waals surface area contributed by atoms with Crippen LogP contribution < -0.4 is 0 Å². The molecule has 0 saturated carbocycles. The highest BCUT2D eigenvalue weighted by Gasteiger charge is 2.31. The maximum absolute atomic E-state index is 12.9. The second-order valence-corrected chi connectivity index (χ2v) is 22.3. The van der Waals surface area contributed by atoms with Gasteiger partial charge in [-0.25, -0.2) is 4.79 Å². The molecule has 0 aromatic rings. The predicted molar refractivity (Wildman–Crippen MR) is 299 cm³/mol. The van der Waals surface area contributed by atoms with Crippen molar-refractivity contribution in [1.29, 1.82) is 0 Å². The van der Waals surface area contributed by atoms with Gasteiger partial charge in [0.25, 0.3) is 0 Å². The van der Waals surface area contributed by atoms with E-state index in [1.165, 1.54) is 244 Å². The Labute approximate surface area is 435 Å². The number of quaternary nitrogens is 1. The fourth-order valence-electron chi connectivity index (χ4n) is 9.68. The molecule has 0 bridgehead atoms. The van der Waals surface area contributed by atoms with Gasteiger partial charge in [0.05, 0.1) is 34.4 Å². The Balaban J connectivity index is 4.09. The summed E-state index contributed by atoms with van der Waals surface area (Å²) in [6, 6.07) is -0.613. The number of esters is 2. The molecule has 70 heavy (non-hydrogen) atoms. The topological polar surface area (TPSA) is 99.1 Å². The maximum Gasteiger partial charge on any atom is 0.362 e. The normalized spacial score (nSPS) is 12.8. The summed E-state index contributed by atoms with van der Waals surface area (Å²) in [4.78, 5) is 37.3. The summed E-state index contributed by atoms with van der Waals surface area (Å²) in [7, 11) is 5.56. The van der Waals surface area contributed by atoms with Crippen molar-refractivity contribution in [2.75, 3.05) is 41.0 Å². The second-order valence-electron chi connectivity index (χ2n) is 22.3. The largest absolute Gasteiger partial charge is 0.477 e. The Bertz CT molecular complexity index is 1150. The zero-order valence-corrected chi connectivity index (χ0v) is 47.5. The number of nitrogens with zero attached hydrogens (tertiary/aromatic N) is 1. The van der Waals surface area contributed by atoms with Crippen LogP contribution in [0.2, 0.25) is 0 Å². The molecule has 0 aromatic carbocycles. The molecule has 8 nitrogen and oxygen atoms in total. The first kappa shape index (κ1) is 68.1. The number of unbranched alkanes of at least 4 members (excludes halogenated alkanes) is 41. The number of aliphatic carboxylic acids is 1. The van der Waals surface area contributed by atoms with Crippen LogP contribution in [0.4, 0.5) is 0 Å². The third-order valence-electron chi connectivity index (χ3n) is 14.4. The maximum atomic E-state index is 12.9. The lowest BCUT2D eigenvalue weighted by molar-refractivity contribution is -0.887. The zero-order valence-electron chi connectivity index (χ0n) is 47.5. The van der Waals surface area contributed by atoms with E-state index in [-0.39, 0.29) is 36.2 Å². The average Bonchev–Trinajstić information content (AvgIpc) is 3.33. The number of hydrogen-bond acceptors (Lipinski definition) is 6. The lowest BCUT2D eigenvalue weighted by Crippen LogP contribution is -2.50. The standard InChI is InChI=1S/C62H119NO7/c1-6-8-10-12-14-16-18-20-22-24-26-28-30-32-34-36-38-40-42-44-46-48-50-52-60(64)69-57-58(56-68-55-54-59(62(66)67)63(3,4)5)70-61(65)53-51-49-47-45-43-41-39-37-35-33-31-29-27-25-23-21-19-17-15-13-11-9-7-2/h32,34,58-59H,6-31,33,35-57H2,1-5H3/p+1/b34-32+. The Hall–Kier alpha value is -1.93. The Morgan fingerprint density at radius 2 is 0.714 bits per heavy atom. The molecule has 0 saturated heterocycles. The highest BCUT2D eigenvalue weighted by atomic mass is 16.6. The molecule has 414 valence electrons. The molecule has 2 atom stereocenters. The summed E-state index contributed by atoms with van der Waals surface area (Å²) in [5.41, 5.74) is 0. The van der Waals surface area contributed by atoms with Crippen molar-refractivity contribution in [2.45, 2.75) is 328 Å². The number of ether oxygens (including phenoxy) is 3. The van der Waals surface area contributed by atoms with Gasteiger partial charge < -0.3 is 23.8 Å². The predicted octanol–water partition coefficient (Wildman–Crippen LogP) is 18.5. The van der Waals surface area contributed by atoms with Crippen molar-refractivity contribution in [3.63, 3.8) is 0 Å². The minimum absolute atomic E-state index is 0.0462. The molecule has 1 N–H and O–H groups in total. The van der Waals surface area contributed by atoms with E-state index in [2.05, 4.69) is 26.0 Å². The number of carboxylic acid groups (broad SMARTS) is 1. The Morgan fingerprint density at radius 1 is 0.414 bits per heavy atom. The summed E-state index contributed by atoms with van der Waals surface area (Å²) >= 11 is 0. The molecule has 0 aliphatic heterocycles. The van der Waals surface area contributed by atoms with Gasteiger partial charge in [-0.2, -0.15) is 0 Å². The van der Waals surface area contributed by atoms with E-state index in [9.17, 15) is 19.5 Å². The molecule has 0 aromatic heterocycles. The van der Waals surface area contributed by atoms with Crippen LogP contribution in [0.25, 0.3) is 0 Å². The smallest absolute Gasteiger partial charge is 0.362 e. The minimum Gasteiger partial charge on any atom is -0.477 e. The number of rotatable bonds is 57. The fraction of sp³-hybridized carbons (Fsp3) is 0.919. The van der Waals surface area contributed by atoms with Gasteiger partial charge in [-0.3, -0.25) is 9.59 Å². The monoisotopic (exact) mass is 991 g/mol. The van der Waals surface area contributed by atoms with Crippen LogP contribution >= 0.6 is 0 Å². The van der Waals surface area contributed by atoms with E-state index in [0.717, 1.165) is 38.5 Å². The minimum atomic E-state index is -0.869.